The molecule has 0 aliphatic rings. The maximum atomic E-state index is 10.9. The smallest absolute Gasteiger partial charge is 0.340 e. The van der Waals surface area contributed by atoms with Gasteiger partial charge in [-0.15, -0.1) is 0 Å². The van der Waals surface area contributed by atoms with Crippen LogP contribution in [0.3, 0.4) is 0 Å². The van der Waals surface area contributed by atoms with Crippen molar-refractivity contribution in [2.24, 2.45) is 0 Å². The molecular weight excluding hydrogens is 192 g/mol. The number of anilines is 1. The van der Waals surface area contributed by atoms with Gasteiger partial charge in [0.1, 0.15) is 0 Å². The normalized spacial score (nSPS) is 10.5. The molecule has 1 aromatic carbocycles. The van der Waals surface area contributed by atoms with Crippen molar-refractivity contribution in [3.05, 3.63) is 33.7 Å². The summed E-state index contributed by atoms with van der Waals surface area (Å²) in [6.45, 7) is 3.94. The van der Waals surface area contributed by atoms with E-state index >= 15 is 0 Å². The summed E-state index contributed by atoms with van der Waals surface area (Å²) in [6.07, 6.45) is 0. The molecule has 0 aliphatic heterocycles. The summed E-state index contributed by atoms with van der Waals surface area (Å²) < 4.78 is 0. The van der Waals surface area contributed by atoms with Crippen LogP contribution in [0.2, 0.25) is 0 Å². The Hall–Kier alpha value is -2.04. The van der Waals surface area contributed by atoms with Gasteiger partial charge in [0.15, 0.2) is 5.82 Å². The fraction of sp³-hybridized carbons (Fsp3) is 0.200. The SMILES string of the molecule is Cc1cc(N)cc(-c2n[nH]c(=O)[nH]2)c1C. The Morgan fingerprint density at radius 2 is 2.07 bits per heavy atom. The van der Waals surface area contributed by atoms with Crippen LogP contribution in [0.25, 0.3) is 11.4 Å². The third-order valence-electron chi connectivity index (χ3n) is 2.45. The molecule has 78 valence electrons. The van der Waals surface area contributed by atoms with E-state index in [1.165, 1.54) is 0 Å². The summed E-state index contributed by atoms with van der Waals surface area (Å²) in [7, 11) is 0. The van der Waals surface area contributed by atoms with Crippen LogP contribution in [-0.2, 0) is 0 Å². The molecule has 2 aromatic rings. The van der Waals surface area contributed by atoms with E-state index in [0.717, 1.165) is 16.7 Å². The van der Waals surface area contributed by atoms with Crippen molar-refractivity contribution in [3.63, 3.8) is 0 Å². The van der Waals surface area contributed by atoms with Crippen molar-refractivity contribution in [3.8, 4) is 11.4 Å². The first kappa shape index (κ1) is 9.51. The molecule has 0 aliphatic carbocycles. The zero-order valence-electron chi connectivity index (χ0n) is 8.59. The number of aromatic nitrogens is 3. The summed E-state index contributed by atoms with van der Waals surface area (Å²) in [5, 5.41) is 6.21. The minimum absolute atomic E-state index is 0.315. The molecule has 0 unspecified atom stereocenters. The van der Waals surface area contributed by atoms with Crippen LogP contribution < -0.4 is 11.4 Å². The quantitative estimate of drug-likeness (QED) is 0.604. The molecule has 0 fully saturated rings. The first-order chi connectivity index (χ1) is 7.08. The monoisotopic (exact) mass is 204 g/mol. The van der Waals surface area contributed by atoms with Gasteiger partial charge in [-0.3, -0.25) is 4.98 Å². The van der Waals surface area contributed by atoms with Gasteiger partial charge < -0.3 is 5.73 Å². The molecule has 4 N–H and O–H groups in total. The standard InChI is InChI=1S/C10H12N4O/c1-5-3-7(11)4-8(6(5)2)9-12-10(15)14-13-9/h3-4H,11H2,1-2H3,(H2,12,13,14,15). The molecule has 0 saturated carbocycles. The Bertz CT molecular complexity index is 553. The Morgan fingerprint density at radius 1 is 1.33 bits per heavy atom. The number of nitrogens with two attached hydrogens (primary N) is 1. The lowest BCUT2D eigenvalue weighted by atomic mass is 10.0. The number of hydrogen-bond donors (Lipinski definition) is 3. The zero-order valence-corrected chi connectivity index (χ0v) is 8.59. The van der Waals surface area contributed by atoms with Crippen LogP contribution in [0.5, 0.6) is 0 Å². The summed E-state index contributed by atoms with van der Waals surface area (Å²) in [5.74, 6) is 0.521. The van der Waals surface area contributed by atoms with Crippen molar-refractivity contribution in [1.29, 1.82) is 0 Å². The molecule has 15 heavy (non-hydrogen) atoms. The lowest BCUT2D eigenvalue weighted by molar-refractivity contribution is 1.05. The molecule has 2 rings (SSSR count). The molecule has 0 bridgehead atoms. The van der Waals surface area contributed by atoms with Crippen LogP contribution in [0.1, 0.15) is 11.1 Å². The van der Waals surface area contributed by atoms with Crippen molar-refractivity contribution >= 4 is 5.69 Å². The highest BCUT2D eigenvalue weighted by Crippen LogP contribution is 2.24. The van der Waals surface area contributed by atoms with E-state index in [9.17, 15) is 4.79 Å². The topological polar surface area (TPSA) is 87.6 Å². The first-order valence-corrected chi connectivity index (χ1v) is 4.59. The van der Waals surface area contributed by atoms with Crippen molar-refractivity contribution in [2.45, 2.75) is 13.8 Å². The molecular formula is C10H12N4O. The number of nitrogen functional groups attached to an aromatic ring is 1. The Balaban J connectivity index is 2.67. The fourth-order valence-corrected chi connectivity index (χ4v) is 1.53. The summed E-state index contributed by atoms with van der Waals surface area (Å²) in [4.78, 5) is 13.5. The maximum Gasteiger partial charge on any atom is 0.340 e. The third-order valence-corrected chi connectivity index (χ3v) is 2.45. The lowest BCUT2D eigenvalue weighted by Gasteiger charge is -2.07. The highest BCUT2D eigenvalue weighted by molar-refractivity contribution is 5.67. The van der Waals surface area contributed by atoms with Gasteiger partial charge in [0.2, 0.25) is 0 Å². The summed E-state index contributed by atoms with van der Waals surface area (Å²) >= 11 is 0. The van der Waals surface area contributed by atoms with Gasteiger partial charge in [-0.05, 0) is 37.1 Å². The second kappa shape index (κ2) is 3.27. The Labute approximate surface area is 86.3 Å². The van der Waals surface area contributed by atoms with E-state index in [2.05, 4.69) is 15.2 Å². The van der Waals surface area contributed by atoms with Gasteiger partial charge in [0.05, 0.1) is 0 Å². The number of H-pyrrole nitrogens is 2. The average Bonchev–Trinajstić information content (AvgIpc) is 2.58. The number of rotatable bonds is 1. The van der Waals surface area contributed by atoms with Gasteiger partial charge in [-0.2, -0.15) is 5.10 Å². The predicted octanol–water partition coefficient (Wildman–Crippen LogP) is 0.964. The minimum atomic E-state index is -0.315. The van der Waals surface area contributed by atoms with E-state index in [1.54, 1.807) is 6.07 Å². The fourth-order valence-electron chi connectivity index (χ4n) is 1.53. The zero-order chi connectivity index (χ0) is 11.0. The van der Waals surface area contributed by atoms with E-state index in [4.69, 9.17) is 5.73 Å². The van der Waals surface area contributed by atoms with E-state index in [0.29, 0.717) is 11.5 Å². The maximum absolute atomic E-state index is 10.9. The first-order valence-electron chi connectivity index (χ1n) is 4.59. The van der Waals surface area contributed by atoms with E-state index in [-0.39, 0.29) is 5.69 Å². The van der Waals surface area contributed by atoms with Crippen LogP contribution in [0, 0.1) is 13.8 Å². The molecule has 0 spiro atoms. The molecule has 1 aromatic heterocycles. The number of hydrogen-bond acceptors (Lipinski definition) is 3. The average molecular weight is 204 g/mol. The van der Waals surface area contributed by atoms with E-state index in [1.807, 2.05) is 19.9 Å². The molecule has 0 radical (unpaired) electrons. The van der Waals surface area contributed by atoms with Crippen molar-refractivity contribution in [2.75, 3.05) is 5.73 Å². The van der Waals surface area contributed by atoms with Crippen LogP contribution >= 0.6 is 0 Å². The largest absolute Gasteiger partial charge is 0.399 e. The number of aromatic amines is 2. The molecule has 0 amide bonds. The van der Waals surface area contributed by atoms with Crippen LogP contribution in [-0.4, -0.2) is 15.2 Å². The van der Waals surface area contributed by atoms with Gasteiger partial charge in [-0.1, -0.05) is 0 Å². The van der Waals surface area contributed by atoms with E-state index < -0.39 is 0 Å². The summed E-state index contributed by atoms with van der Waals surface area (Å²) in [5.41, 5.74) is 9.08. The molecule has 5 nitrogen and oxygen atoms in total. The molecule has 1 heterocycles. The Kier molecular flexibility index (Phi) is 2.07. The van der Waals surface area contributed by atoms with Gasteiger partial charge >= 0.3 is 5.69 Å². The molecule has 0 saturated heterocycles. The minimum Gasteiger partial charge on any atom is -0.399 e. The second-order valence-electron chi connectivity index (χ2n) is 3.54. The van der Waals surface area contributed by atoms with Crippen LogP contribution in [0.4, 0.5) is 5.69 Å². The predicted molar refractivity (Wildman–Crippen MR) is 58.5 cm³/mol. The number of nitrogens with one attached hydrogen (secondary N) is 2. The number of nitrogens with zero attached hydrogens (tertiary/aromatic N) is 1. The number of aryl methyl sites for hydroxylation is 1. The van der Waals surface area contributed by atoms with Gasteiger partial charge in [0.25, 0.3) is 0 Å². The molecule has 5 heteroatoms. The van der Waals surface area contributed by atoms with Gasteiger partial charge in [0, 0.05) is 11.3 Å². The van der Waals surface area contributed by atoms with Crippen molar-refractivity contribution in [1.82, 2.24) is 15.2 Å². The second-order valence-corrected chi connectivity index (χ2v) is 3.54. The third kappa shape index (κ3) is 1.63. The summed E-state index contributed by atoms with van der Waals surface area (Å²) in [6, 6.07) is 3.69. The van der Waals surface area contributed by atoms with Crippen LogP contribution in [0.15, 0.2) is 16.9 Å². The highest BCUT2D eigenvalue weighted by atomic mass is 16.1. The number of benzene rings is 1. The van der Waals surface area contributed by atoms with Gasteiger partial charge in [-0.25, -0.2) is 9.89 Å². The highest BCUT2D eigenvalue weighted by Gasteiger charge is 2.08. The lowest BCUT2D eigenvalue weighted by Crippen LogP contribution is -2.00. The molecule has 0 atom stereocenters. The van der Waals surface area contributed by atoms with Crippen molar-refractivity contribution < 1.29 is 0 Å². The Morgan fingerprint density at radius 3 is 2.67 bits per heavy atom.